The van der Waals surface area contributed by atoms with Gasteiger partial charge in [-0.15, -0.1) is 0 Å². The molecule has 7 heteroatoms. The molecule has 233 valence electrons. The molecule has 0 bridgehead atoms. The van der Waals surface area contributed by atoms with E-state index in [0.29, 0.717) is 11.8 Å². The molecule has 0 aliphatic carbocycles. The third-order valence-electron chi connectivity index (χ3n) is 9.09. The molecule has 0 saturated heterocycles. The summed E-state index contributed by atoms with van der Waals surface area (Å²) >= 11 is 0. The molecule has 1 aliphatic heterocycles. The van der Waals surface area contributed by atoms with Crippen molar-refractivity contribution in [2.24, 2.45) is 5.10 Å². The molecule has 1 aliphatic rings. The SMILES string of the molecule is CC1=[N+]([B-](n2nc(-c3ccc(C(C)C)cc3)cc2C)n2nc(-c3ccc(C(C)C)cc3)cc2C)N=C(c2ccc([C+](C)C)cc2)C1. The quantitative estimate of drug-likeness (QED) is 0.124. The van der Waals surface area contributed by atoms with Gasteiger partial charge in [0.05, 0.1) is 17.8 Å². The monoisotopic (exact) mass is 608 g/mol. The van der Waals surface area contributed by atoms with Crippen LogP contribution in [0, 0.1) is 19.8 Å². The molecule has 0 saturated carbocycles. The van der Waals surface area contributed by atoms with E-state index in [1.807, 2.05) is 0 Å². The lowest BCUT2D eigenvalue weighted by Gasteiger charge is -2.24. The molecule has 0 fully saturated rings. The lowest BCUT2D eigenvalue weighted by atomic mass is 9.93. The van der Waals surface area contributed by atoms with Crippen molar-refractivity contribution in [3.05, 3.63) is 124 Å². The molecule has 3 aromatic carbocycles. The molecule has 0 atom stereocenters. The zero-order chi connectivity index (χ0) is 32.7. The van der Waals surface area contributed by atoms with E-state index >= 15 is 0 Å². The summed E-state index contributed by atoms with van der Waals surface area (Å²) < 4.78 is 6.26. The number of aromatic nitrogens is 4. The van der Waals surface area contributed by atoms with Gasteiger partial charge < -0.3 is 9.19 Å². The van der Waals surface area contributed by atoms with Crippen LogP contribution in [0.1, 0.15) is 100 Å². The minimum Gasteiger partial charge on any atom is -0.373 e. The Balaban J connectivity index is 1.45. The summed E-state index contributed by atoms with van der Waals surface area (Å²) in [6, 6.07) is 30.6. The Morgan fingerprint density at radius 2 is 1.09 bits per heavy atom. The third-order valence-corrected chi connectivity index (χ3v) is 9.09. The average molecular weight is 609 g/mol. The zero-order valence-corrected chi connectivity index (χ0v) is 28.7. The molecule has 0 unspecified atom stereocenters. The maximum absolute atomic E-state index is 5.26. The molecule has 6 rings (SSSR count). The number of nitrogens with zero attached hydrogens (tertiary/aromatic N) is 6. The molecule has 1 radical (unpaired) electrons. The van der Waals surface area contributed by atoms with Gasteiger partial charge in [0.25, 0.3) is 0 Å². The number of hydrogen-bond acceptors (Lipinski definition) is 3. The van der Waals surface area contributed by atoms with Crippen LogP contribution in [-0.2, 0) is 0 Å². The lowest BCUT2D eigenvalue weighted by Crippen LogP contribution is -2.46. The Bertz CT molecular complexity index is 1810. The van der Waals surface area contributed by atoms with E-state index in [0.717, 1.165) is 57.3 Å². The maximum atomic E-state index is 5.26. The van der Waals surface area contributed by atoms with Gasteiger partial charge in [-0.2, -0.15) is 0 Å². The van der Waals surface area contributed by atoms with Crippen LogP contribution in [0.5, 0.6) is 0 Å². The van der Waals surface area contributed by atoms with Crippen LogP contribution in [0.3, 0.4) is 0 Å². The molecule has 5 aromatic rings. The summed E-state index contributed by atoms with van der Waals surface area (Å²) in [5, 5.41) is 15.7. The molecule has 0 N–H and O–H groups in total. The first kappa shape index (κ1) is 31.3. The van der Waals surface area contributed by atoms with E-state index in [9.17, 15) is 0 Å². The van der Waals surface area contributed by atoms with Crippen LogP contribution in [0.4, 0.5) is 0 Å². The fourth-order valence-corrected chi connectivity index (χ4v) is 6.09. The van der Waals surface area contributed by atoms with Crippen molar-refractivity contribution < 1.29 is 4.60 Å². The summed E-state index contributed by atoms with van der Waals surface area (Å²) in [4.78, 5) is 0. The molecule has 0 amide bonds. The molecule has 2 aromatic heterocycles. The van der Waals surface area contributed by atoms with E-state index < -0.39 is 7.12 Å². The number of aryl methyl sites for hydroxylation is 2. The van der Waals surface area contributed by atoms with Gasteiger partial charge in [-0.25, -0.2) is 10.2 Å². The highest BCUT2D eigenvalue weighted by Crippen LogP contribution is 2.27. The molecule has 0 spiro atoms. The number of benzene rings is 3. The first-order chi connectivity index (χ1) is 22.0. The number of rotatable bonds is 9. The largest absolute Gasteiger partial charge is 0.518 e. The first-order valence-corrected chi connectivity index (χ1v) is 16.4. The Morgan fingerprint density at radius 1 is 0.652 bits per heavy atom. The van der Waals surface area contributed by atoms with Crippen LogP contribution >= 0.6 is 0 Å². The summed E-state index contributed by atoms with van der Waals surface area (Å²) in [5.74, 6) is 2.27. The van der Waals surface area contributed by atoms with Crippen molar-refractivity contribution in [2.75, 3.05) is 0 Å². The third kappa shape index (κ3) is 6.11. The number of hydrogen-bond donors (Lipinski definition) is 0. The number of hydrazone groups is 1. The molecule has 3 heterocycles. The Hall–Kier alpha value is -4.65. The van der Waals surface area contributed by atoms with Gasteiger partial charge in [0.15, 0.2) is 0 Å². The Labute approximate surface area is 274 Å². The predicted molar refractivity (Wildman–Crippen MR) is 192 cm³/mol. The molecule has 6 nitrogen and oxygen atoms in total. The summed E-state index contributed by atoms with van der Waals surface area (Å²) in [7, 11) is -0.407. The van der Waals surface area contributed by atoms with Crippen molar-refractivity contribution in [2.45, 2.75) is 80.6 Å². The van der Waals surface area contributed by atoms with E-state index in [2.05, 4.69) is 161 Å². The second kappa shape index (κ2) is 12.6. The molecule has 46 heavy (non-hydrogen) atoms. The van der Waals surface area contributed by atoms with Gasteiger partial charge in [0, 0.05) is 67.6 Å². The second-order valence-corrected chi connectivity index (χ2v) is 13.5. The maximum Gasteiger partial charge on any atom is 0.518 e. The van der Waals surface area contributed by atoms with E-state index in [1.165, 1.54) is 22.6 Å². The first-order valence-electron chi connectivity index (χ1n) is 16.4. The van der Waals surface area contributed by atoms with Crippen molar-refractivity contribution in [3.63, 3.8) is 0 Å². The van der Waals surface area contributed by atoms with Crippen LogP contribution < -0.4 is 0 Å². The fraction of sp³-hybridized carbons (Fsp3) is 0.308. The van der Waals surface area contributed by atoms with Gasteiger partial charge in [0.1, 0.15) is 17.0 Å². The highest BCUT2D eigenvalue weighted by molar-refractivity contribution is 6.47. The fourth-order valence-electron chi connectivity index (χ4n) is 6.09. The average Bonchev–Trinajstić information content (AvgIpc) is 3.74. The minimum absolute atomic E-state index is 0.407. The van der Waals surface area contributed by atoms with Crippen LogP contribution in [-0.4, -0.2) is 42.5 Å². The Kier molecular flexibility index (Phi) is 8.60. The summed E-state index contributed by atoms with van der Waals surface area (Å²) in [6.07, 6.45) is 0.762. The van der Waals surface area contributed by atoms with Crippen molar-refractivity contribution in [1.82, 2.24) is 19.4 Å². The van der Waals surface area contributed by atoms with E-state index in [-0.39, 0.29) is 0 Å². The lowest BCUT2D eigenvalue weighted by molar-refractivity contribution is -0.399. The van der Waals surface area contributed by atoms with Gasteiger partial charge in [-0.3, -0.25) is 4.60 Å². The van der Waals surface area contributed by atoms with Gasteiger partial charge >= 0.3 is 7.12 Å². The zero-order valence-electron chi connectivity index (χ0n) is 28.7. The van der Waals surface area contributed by atoms with Crippen LogP contribution in [0.25, 0.3) is 22.5 Å². The van der Waals surface area contributed by atoms with Gasteiger partial charge in [0.2, 0.25) is 0 Å². The minimum atomic E-state index is -0.407. The van der Waals surface area contributed by atoms with E-state index in [4.69, 9.17) is 15.3 Å². The summed E-state index contributed by atoms with van der Waals surface area (Å²) in [6.45, 7) is 19.6. The van der Waals surface area contributed by atoms with Gasteiger partial charge in [-0.05, 0) is 60.3 Å². The van der Waals surface area contributed by atoms with Crippen molar-refractivity contribution in [3.8, 4) is 22.5 Å². The highest BCUT2D eigenvalue weighted by Gasteiger charge is 2.33. The van der Waals surface area contributed by atoms with Crippen molar-refractivity contribution >= 4 is 18.5 Å². The smallest absolute Gasteiger partial charge is 0.373 e. The van der Waals surface area contributed by atoms with Crippen LogP contribution in [0.2, 0.25) is 0 Å². The standard InChI is InChI=1S/C39H45BN6/c1-25(2)31-10-16-34(17-11-31)37-22-28(7)44(41-37)40(45-29(8)23-38(42-45)35-18-12-32(13-19-35)26(3)4)46-30(9)24-39(43-46)36-20-14-33(15-21-36)27(5)6/h10-23,25-26H,24H2,1-9H3/q+1. The van der Waals surface area contributed by atoms with E-state index in [1.54, 1.807) is 0 Å². The van der Waals surface area contributed by atoms with Crippen molar-refractivity contribution in [1.29, 1.82) is 0 Å². The summed E-state index contributed by atoms with van der Waals surface area (Å²) in [5.41, 5.74) is 13.4. The highest BCUT2D eigenvalue weighted by atomic mass is 15.5. The topological polar surface area (TPSA) is 51.0 Å². The second-order valence-electron chi connectivity index (χ2n) is 13.5. The predicted octanol–water partition coefficient (Wildman–Crippen LogP) is 8.90. The Morgan fingerprint density at radius 3 is 1.50 bits per heavy atom. The molecular weight excluding hydrogens is 563 g/mol. The van der Waals surface area contributed by atoms with Crippen LogP contribution in [0.15, 0.2) is 90.0 Å². The molecular formula is C39H45BN6+. The van der Waals surface area contributed by atoms with Gasteiger partial charge in [-0.1, -0.05) is 81.3 Å². The normalized spacial score (nSPS) is 13.4.